The number of imidazole rings is 1. The molecule has 19 heavy (non-hydrogen) atoms. The SMILES string of the molecule is CC(CC(O)c1cnc[nH]1)CC(S)c1ccccc1. The number of nitrogens with one attached hydrogen (secondary N) is 1. The molecule has 0 saturated heterocycles. The molecule has 1 aromatic heterocycles. The summed E-state index contributed by atoms with van der Waals surface area (Å²) in [5.41, 5.74) is 2.01. The monoisotopic (exact) mass is 276 g/mol. The van der Waals surface area contributed by atoms with E-state index in [2.05, 4.69) is 41.7 Å². The van der Waals surface area contributed by atoms with E-state index in [-0.39, 0.29) is 5.25 Å². The number of hydrogen-bond acceptors (Lipinski definition) is 3. The minimum atomic E-state index is -0.478. The highest BCUT2D eigenvalue weighted by Gasteiger charge is 2.17. The predicted octanol–water partition coefficient (Wildman–Crippen LogP) is 3.53. The van der Waals surface area contributed by atoms with Gasteiger partial charge in [-0.15, -0.1) is 0 Å². The molecule has 4 heteroatoms. The van der Waals surface area contributed by atoms with Gasteiger partial charge in [-0.2, -0.15) is 12.6 Å². The number of aliphatic hydroxyl groups is 1. The molecule has 3 nitrogen and oxygen atoms in total. The van der Waals surface area contributed by atoms with E-state index in [1.54, 1.807) is 12.5 Å². The topological polar surface area (TPSA) is 48.9 Å². The fourth-order valence-electron chi connectivity index (χ4n) is 2.25. The fraction of sp³-hybridized carbons (Fsp3) is 0.400. The highest BCUT2D eigenvalue weighted by Crippen LogP contribution is 2.31. The number of aromatic nitrogens is 2. The Balaban J connectivity index is 1.86. The maximum Gasteiger partial charge on any atom is 0.0956 e. The number of thiol groups is 1. The number of aliphatic hydroxyl groups excluding tert-OH is 1. The largest absolute Gasteiger partial charge is 0.387 e. The number of rotatable bonds is 6. The third-order valence-corrected chi connectivity index (χ3v) is 3.82. The van der Waals surface area contributed by atoms with Crippen LogP contribution in [0, 0.1) is 5.92 Å². The first-order chi connectivity index (χ1) is 9.16. The lowest BCUT2D eigenvalue weighted by Crippen LogP contribution is -2.07. The minimum Gasteiger partial charge on any atom is -0.387 e. The van der Waals surface area contributed by atoms with Gasteiger partial charge in [0.1, 0.15) is 0 Å². The van der Waals surface area contributed by atoms with Gasteiger partial charge in [0.25, 0.3) is 0 Å². The van der Waals surface area contributed by atoms with Crippen molar-refractivity contribution in [2.24, 2.45) is 5.92 Å². The third kappa shape index (κ3) is 4.11. The number of nitrogens with zero attached hydrogens (tertiary/aromatic N) is 1. The summed E-state index contributed by atoms with van der Waals surface area (Å²) in [5, 5.41) is 10.3. The Bertz CT molecular complexity index is 472. The summed E-state index contributed by atoms with van der Waals surface area (Å²) in [6, 6.07) is 10.3. The van der Waals surface area contributed by atoms with Gasteiger partial charge in [0.05, 0.1) is 24.3 Å². The van der Waals surface area contributed by atoms with Crippen LogP contribution in [0.2, 0.25) is 0 Å². The van der Waals surface area contributed by atoms with Gasteiger partial charge in [0.15, 0.2) is 0 Å². The summed E-state index contributed by atoms with van der Waals surface area (Å²) in [6.45, 7) is 2.14. The van der Waals surface area contributed by atoms with E-state index < -0.39 is 6.10 Å². The highest BCUT2D eigenvalue weighted by atomic mass is 32.1. The molecular weight excluding hydrogens is 256 g/mol. The van der Waals surface area contributed by atoms with Crippen LogP contribution in [0.3, 0.4) is 0 Å². The summed E-state index contributed by atoms with van der Waals surface area (Å²) < 4.78 is 0. The van der Waals surface area contributed by atoms with Crippen LogP contribution in [-0.2, 0) is 0 Å². The van der Waals surface area contributed by atoms with Crippen LogP contribution in [0.15, 0.2) is 42.9 Å². The van der Waals surface area contributed by atoms with Crippen LogP contribution in [0.1, 0.15) is 42.4 Å². The summed E-state index contributed by atoms with van der Waals surface area (Å²) in [7, 11) is 0. The number of aromatic amines is 1. The molecular formula is C15H20N2OS. The van der Waals surface area contributed by atoms with Crippen molar-refractivity contribution in [2.45, 2.75) is 31.1 Å². The van der Waals surface area contributed by atoms with Crippen molar-refractivity contribution < 1.29 is 5.11 Å². The van der Waals surface area contributed by atoms with Gasteiger partial charge in [-0.05, 0) is 24.3 Å². The lowest BCUT2D eigenvalue weighted by Gasteiger charge is -2.19. The normalized spacial score (nSPS) is 15.9. The van der Waals surface area contributed by atoms with Crippen LogP contribution in [0.5, 0.6) is 0 Å². The van der Waals surface area contributed by atoms with Crippen LogP contribution in [-0.4, -0.2) is 15.1 Å². The van der Waals surface area contributed by atoms with Gasteiger partial charge in [-0.3, -0.25) is 0 Å². The van der Waals surface area contributed by atoms with E-state index in [1.165, 1.54) is 5.56 Å². The van der Waals surface area contributed by atoms with Gasteiger partial charge in [-0.25, -0.2) is 4.98 Å². The van der Waals surface area contributed by atoms with E-state index in [9.17, 15) is 5.11 Å². The maximum atomic E-state index is 10.1. The Kier molecular flexibility index (Phi) is 5.05. The Morgan fingerprint density at radius 2 is 2.00 bits per heavy atom. The Morgan fingerprint density at radius 3 is 2.63 bits per heavy atom. The quantitative estimate of drug-likeness (QED) is 0.707. The minimum absolute atomic E-state index is 0.213. The van der Waals surface area contributed by atoms with E-state index >= 15 is 0 Å². The summed E-state index contributed by atoms with van der Waals surface area (Å²) >= 11 is 4.65. The van der Waals surface area contributed by atoms with Crippen molar-refractivity contribution in [3.05, 3.63) is 54.1 Å². The highest BCUT2D eigenvalue weighted by molar-refractivity contribution is 7.80. The standard InChI is InChI=1S/C15H20N2OS/c1-11(7-14(18)13-9-16-10-17-13)8-15(19)12-5-3-2-4-6-12/h2-6,9-11,14-15,18-19H,7-8H2,1H3,(H,16,17). The van der Waals surface area contributed by atoms with Crippen LogP contribution in [0.4, 0.5) is 0 Å². The molecule has 0 fully saturated rings. The zero-order valence-electron chi connectivity index (χ0n) is 11.0. The first kappa shape index (κ1) is 14.2. The second-order valence-corrected chi connectivity index (χ2v) is 5.65. The zero-order valence-corrected chi connectivity index (χ0v) is 11.9. The molecule has 1 aromatic carbocycles. The zero-order chi connectivity index (χ0) is 13.7. The maximum absolute atomic E-state index is 10.1. The van der Waals surface area contributed by atoms with Crippen molar-refractivity contribution in [3.63, 3.8) is 0 Å². The van der Waals surface area contributed by atoms with Gasteiger partial charge < -0.3 is 10.1 Å². The summed E-state index contributed by atoms with van der Waals surface area (Å²) in [5.74, 6) is 0.390. The van der Waals surface area contributed by atoms with E-state index in [0.717, 1.165) is 12.1 Å². The molecule has 2 N–H and O–H groups in total. The Morgan fingerprint density at radius 1 is 1.26 bits per heavy atom. The first-order valence-corrected chi connectivity index (χ1v) is 7.07. The van der Waals surface area contributed by atoms with Crippen molar-refractivity contribution in [2.75, 3.05) is 0 Å². The van der Waals surface area contributed by atoms with E-state index in [4.69, 9.17) is 0 Å². The van der Waals surface area contributed by atoms with Gasteiger partial charge in [0, 0.05) is 5.25 Å². The molecule has 0 aliphatic rings. The molecule has 3 atom stereocenters. The molecule has 2 aromatic rings. The van der Waals surface area contributed by atoms with Crippen LogP contribution in [0.25, 0.3) is 0 Å². The molecule has 2 rings (SSSR count). The molecule has 0 aliphatic carbocycles. The van der Waals surface area contributed by atoms with Crippen molar-refractivity contribution in [3.8, 4) is 0 Å². The average Bonchev–Trinajstić information content (AvgIpc) is 2.93. The van der Waals surface area contributed by atoms with Crippen LogP contribution >= 0.6 is 12.6 Å². The van der Waals surface area contributed by atoms with Crippen molar-refractivity contribution in [1.29, 1.82) is 0 Å². The summed E-state index contributed by atoms with van der Waals surface area (Å²) in [4.78, 5) is 6.88. The Labute approximate surface area is 119 Å². The molecule has 1 heterocycles. The molecule has 0 spiro atoms. The lowest BCUT2D eigenvalue weighted by atomic mass is 9.94. The van der Waals surface area contributed by atoms with E-state index in [1.807, 2.05) is 18.2 Å². The number of H-pyrrole nitrogens is 1. The molecule has 0 radical (unpaired) electrons. The predicted molar refractivity (Wildman–Crippen MR) is 80.1 cm³/mol. The molecule has 102 valence electrons. The smallest absolute Gasteiger partial charge is 0.0956 e. The fourth-order valence-corrected chi connectivity index (χ4v) is 2.78. The average molecular weight is 276 g/mol. The number of hydrogen-bond donors (Lipinski definition) is 3. The molecule has 0 amide bonds. The molecule has 3 unspecified atom stereocenters. The van der Waals surface area contributed by atoms with Gasteiger partial charge in [-0.1, -0.05) is 37.3 Å². The van der Waals surface area contributed by atoms with Crippen molar-refractivity contribution in [1.82, 2.24) is 9.97 Å². The van der Waals surface area contributed by atoms with E-state index in [0.29, 0.717) is 12.3 Å². The lowest BCUT2D eigenvalue weighted by molar-refractivity contribution is 0.141. The first-order valence-electron chi connectivity index (χ1n) is 6.56. The number of benzene rings is 1. The molecule has 0 aliphatic heterocycles. The summed E-state index contributed by atoms with van der Waals surface area (Å²) in [6.07, 6.45) is 4.44. The second-order valence-electron chi connectivity index (χ2n) is 5.03. The van der Waals surface area contributed by atoms with Crippen LogP contribution < -0.4 is 0 Å². The van der Waals surface area contributed by atoms with Crippen molar-refractivity contribution >= 4 is 12.6 Å². The molecule has 0 bridgehead atoms. The second kappa shape index (κ2) is 6.78. The van der Waals surface area contributed by atoms with Gasteiger partial charge >= 0.3 is 0 Å². The Hall–Kier alpha value is -1.26. The third-order valence-electron chi connectivity index (χ3n) is 3.31. The van der Waals surface area contributed by atoms with Gasteiger partial charge in [0.2, 0.25) is 0 Å². The molecule has 0 saturated carbocycles.